The van der Waals surface area contributed by atoms with Crippen LogP contribution in [0.1, 0.15) is 31.8 Å². The Hall–Kier alpha value is -2.47. The molecule has 0 atom stereocenters. The van der Waals surface area contributed by atoms with E-state index in [0.29, 0.717) is 36.0 Å². The van der Waals surface area contributed by atoms with Crippen LogP contribution < -0.4 is 10.9 Å². The second-order valence-electron chi connectivity index (χ2n) is 7.99. The first-order valence-corrected chi connectivity index (χ1v) is 13.1. The van der Waals surface area contributed by atoms with Gasteiger partial charge >= 0.3 is 0 Å². The lowest BCUT2D eigenvalue weighted by molar-refractivity contribution is 0.0666. The molecule has 1 saturated heterocycles. The molecule has 8 nitrogen and oxygen atoms in total. The number of nitrogens with zero attached hydrogens (tertiary/aromatic N) is 3. The number of amides is 2. The van der Waals surface area contributed by atoms with Crippen LogP contribution in [0.3, 0.4) is 0 Å². The molecule has 4 rings (SSSR count). The van der Waals surface area contributed by atoms with Crippen LogP contribution >= 0.6 is 45.9 Å². The van der Waals surface area contributed by atoms with Crippen molar-refractivity contribution < 1.29 is 14.7 Å². The molecule has 0 aliphatic carbocycles. The van der Waals surface area contributed by atoms with Crippen molar-refractivity contribution >= 4 is 63.4 Å². The van der Waals surface area contributed by atoms with E-state index < -0.39 is 5.91 Å². The number of aromatic hydroxyl groups is 1. The molecule has 184 valence electrons. The SMILES string of the molecule is C/C(=N/NC(=O)c1ccc(C(=O)NN2CCN(C)CC2)s1)c1csc(-c2ccc(Cl)c(Cl)c2)c1O. The average molecular weight is 553 g/mol. The molecule has 1 aromatic carbocycles. The van der Waals surface area contributed by atoms with Gasteiger partial charge in [0.25, 0.3) is 11.8 Å². The molecule has 1 aliphatic rings. The van der Waals surface area contributed by atoms with E-state index in [1.165, 1.54) is 11.3 Å². The number of hydrazine groups is 1. The van der Waals surface area contributed by atoms with E-state index in [0.717, 1.165) is 43.1 Å². The average Bonchev–Trinajstić information content (AvgIpc) is 3.48. The summed E-state index contributed by atoms with van der Waals surface area (Å²) in [6, 6.07) is 8.33. The summed E-state index contributed by atoms with van der Waals surface area (Å²) in [5, 5.41) is 19.3. The van der Waals surface area contributed by atoms with Crippen molar-refractivity contribution in [1.29, 1.82) is 0 Å². The second kappa shape index (κ2) is 11.1. The van der Waals surface area contributed by atoms with Crippen molar-refractivity contribution in [3.8, 4) is 16.2 Å². The quantitative estimate of drug-likeness (QED) is 0.308. The number of rotatable bonds is 6. The van der Waals surface area contributed by atoms with E-state index in [4.69, 9.17) is 23.2 Å². The molecule has 1 fully saturated rings. The summed E-state index contributed by atoms with van der Waals surface area (Å²) in [6.07, 6.45) is 0. The summed E-state index contributed by atoms with van der Waals surface area (Å²) in [4.78, 5) is 28.7. The van der Waals surface area contributed by atoms with Crippen molar-refractivity contribution in [2.45, 2.75) is 6.92 Å². The van der Waals surface area contributed by atoms with Crippen LogP contribution in [0.25, 0.3) is 10.4 Å². The number of halogens is 2. The van der Waals surface area contributed by atoms with Crippen LogP contribution in [0.4, 0.5) is 0 Å². The van der Waals surface area contributed by atoms with Gasteiger partial charge in [0.15, 0.2) is 0 Å². The Balaban J connectivity index is 1.39. The normalized spacial score (nSPS) is 15.3. The predicted octanol–water partition coefficient (Wildman–Crippen LogP) is 4.54. The highest BCUT2D eigenvalue weighted by Crippen LogP contribution is 2.40. The fourth-order valence-corrected chi connectivity index (χ4v) is 5.49. The Morgan fingerprint density at radius 2 is 1.71 bits per heavy atom. The summed E-state index contributed by atoms with van der Waals surface area (Å²) in [6.45, 7) is 4.94. The Morgan fingerprint density at radius 1 is 1.03 bits per heavy atom. The molecule has 2 amide bonds. The van der Waals surface area contributed by atoms with Crippen molar-refractivity contribution in [1.82, 2.24) is 20.8 Å². The third-order valence-corrected chi connectivity index (χ3v) is 8.32. The Labute approximate surface area is 220 Å². The fraction of sp³-hybridized carbons (Fsp3) is 0.261. The van der Waals surface area contributed by atoms with Gasteiger partial charge in [0.2, 0.25) is 0 Å². The predicted molar refractivity (Wildman–Crippen MR) is 142 cm³/mol. The number of piperazine rings is 1. The van der Waals surface area contributed by atoms with E-state index in [1.807, 2.05) is 12.1 Å². The zero-order chi connectivity index (χ0) is 25.1. The number of nitrogens with one attached hydrogen (secondary N) is 2. The van der Waals surface area contributed by atoms with E-state index in [1.54, 1.807) is 42.6 Å². The van der Waals surface area contributed by atoms with Crippen molar-refractivity contribution in [2.24, 2.45) is 5.10 Å². The molecule has 0 saturated carbocycles. The van der Waals surface area contributed by atoms with Gasteiger partial charge in [-0.3, -0.25) is 15.0 Å². The molecule has 3 heterocycles. The maximum Gasteiger partial charge on any atom is 0.281 e. The third kappa shape index (κ3) is 6.03. The lowest BCUT2D eigenvalue weighted by Gasteiger charge is -2.32. The summed E-state index contributed by atoms with van der Waals surface area (Å²) < 4.78 is 0. The monoisotopic (exact) mass is 551 g/mol. The highest BCUT2D eigenvalue weighted by atomic mass is 35.5. The number of likely N-dealkylation sites (N-methyl/N-ethyl adjacent to an activating group) is 1. The molecule has 0 bridgehead atoms. The van der Waals surface area contributed by atoms with E-state index >= 15 is 0 Å². The van der Waals surface area contributed by atoms with Gasteiger partial charge in [-0.25, -0.2) is 10.4 Å². The molecular formula is C23H23Cl2N5O3S2. The highest BCUT2D eigenvalue weighted by molar-refractivity contribution is 7.16. The van der Waals surface area contributed by atoms with Crippen molar-refractivity contribution in [3.63, 3.8) is 0 Å². The van der Waals surface area contributed by atoms with E-state index in [9.17, 15) is 14.7 Å². The minimum atomic E-state index is -0.438. The van der Waals surface area contributed by atoms with Crippen LogP contribution in [0.2, 0.25) is 10.0 Å². The van der Waals surface area contributed by atoms with Gasteiger partial charge in [0.05, 0.1) is 36.0 Å². The number of hydrogen-bond donors (Lipinski definition) is 3. The standard InChI is InChI=1S/C23H23Cl2N5O3S2/c1-13(15-12-34-21(20(15)31)14-3-4-16(24)17(25)11-14)26-27-22(32)18-5-6-19(35-18)23(33)28-30-9-7-29(2)8-10-30/h3-6,11-12,31H,7-10H2,1-2H3,(H,27,32)(H,28,33)/b26-13-. The van der Waals surface area contributed by atoms with Crippen molar-refractivity contribution in [3.05, 3.63) is 61.1 Å². The highest BCUT2D eigenvalue weighted by Gasteiger charge is 2.20. The van der Waals surface area contributed by atoms with E-state index in [-0.39, 0.29) is 11.7 Å². The van der Waals surface area contributed by atoms with Gasteiger partial charge in [-0.2, -0.15) is 5.10 Å². The van der Waals surface area contributed by atoms with Crippen LogP contribution in [0.15, 0.2) is 40.8 Å². The number of hydrogen-bond acceptors (Lipinski definition) is 8. The van der Waals surface area contributed by atoms with E-state index in [2.05, 4.69) is 20.9 Å². The number of hydrazone groups is 1. The van der Waals surface area contributed by atoms with Crippen LogP contribution in [0, 0.1) is 0 Å². The van der Waals surface area contributed by atoms with Crippen LogP contribution in [-0.4, -0.2) is 65.8 Å². The van der Waals surface area contributed by atoms with Gasteiger partial charge in [-0.05, 0) is 43.8 Å². The first-order chi connectivity index (χ1) is 16.7. The van der Waals surface area contributed by atoms with Crippen LogP contribution in [-0.2, 0) is 0 Å². The fourth-order valence-electron chi connectivity index (χ4n) is 3.40. The summed E-state index contributed by atoms with van der Waals surface area (Å²) in [5.74, 6) is -0.633. The molecule has 35 heavy (non-hydrogen) atoms. The Morgan fingerprint density at radius 3 is 2.40 bits per heavy atom. The smallest absolute Gasteiger partial charge is 0.281 e. The Kier molecular flexibility index (Phi) is 8.10. The maximum absolute atomic E-state index is 12.6. The first-order valence-electron chi connectivity index (χ1n) is 10.7. The van der Waals surface area contributed by atoms with Gasteiger partial charge in [0.1, 0.15) is 5.75 Å². The molecule has 3 aromatic rings. The maximum atomic E-state index is 12.6. The molecule has 3 N–H and O–H groups in total. The summed E-state index contributed by atoms with van der Waals surface area (Å²) in [7, 11) is 2.04. The number of carbonyl (C=O) groups is 2. The second-order valence-corrected chi connectivity index (χ2v) is 10.8. The van der Waals surface area contributed by atoms with Crippen molar-refractivity contribution in [2.75, 3.05) is 33.2 Å². The Bertz CT molecular complexity index is 1280. The summed E-state index contributed by atoms with van der Waals surface area (Å²) >= 11 is 14.5. The molecule has 0 spiro atoms. The van der Waals surface area contributed by atoms with Gasteiger partial charge in [-0.15, -0.1) is 22.7 Å². The molecule has 0 radical (unpaired) electrons. The van der Waals surface area contributed by atoms with Gasteiger partial charge < -0.3 is 10.0 Å². The molecular weight excluding hydrogens is 529 g/mol. The zero-order valence-electron chi connectivity index (χ0n) is 19.0. The third-order valence-electron chi connectivity index (χ3n) is 5.48. The molecule has 1 aliphatic heterocycles. The molecule has 12 heteroatoms. The topological polar surface area (TPSA) is 97.3 Å². The lowest BCUT2D eigenvalue weighted by atomic mass is 10.1. The summed E-state index contributed by atoms with van der Waals surface area (Å²) in [5.41, 5.74) is 7.04. The number of thiophene rings is 2. The number of carbonyl (C=O) groups excluding carboxylic acids is 2. The first kappa shape index (κ1) is 25.6. The minimum Gasteiger partial charge on any atom is -0.506 e. The molecule has 2 aromatic heterocycles. The lowest BCUT2D eigenvalue weighted by Crippen LogP contribution is -2.52. The largest absolute Gasteiger partial charge is 0.506 e. The van der Waals surface area contributed by atoms with Gasteiger partial charge in [-0.1, -0.05) is 29.3 Å². The molecule has 0 unspecified atom stereocenters. The van der Waals surface area contributed by atoms with Gasteiger partial charge in [0, 0.05) is 31.6 Å². The minimum absolute atomic E-state index is 0.0443. The number of benzene rings is 1. The van der Waals surface area contributed by atoms with Crippen LogP contribution in [0.5, 0.6) is 5.75 Å². The zero-order valence-corrected chi connectivity index (χ0v) is 22.1.